The minimum absolute atomic E-state index is 0.0510. The Morgan fingerprint density at radius 1 is 1.62 bits per heavy atom. The van der Waals surface area contributed by atoms with Crippen LogP contribution in [0, 0.1) is 0 Å². The number of hydrogen-bond acceptors (Lipinski definition) is 4. The standard InChI is InChI=1S/C7H13N5O/c1-3-7(13)8-5-4-6-9-10-11-12(6)2/h3-5H2,1-2H3,(H,8,13). The maximum atomic E-state index is 10.9. The van der Waals surface area contributed by atoms with Crippen molar-refractivity contribution in [1.82, 2.24) is 25.5 Å². The molecule has 0 aromatic carbocycles. The van der Waals surface area contributed by atoms with E-state index in [-0.39, 0.29) is 5.91 Å². The van der Waals surface area contributed by atoms with E-state index in [1.165, 1.54) is 0 Å². The number of nitrogens with zero attached hydrogens (tertiary/aromatic N) is 4. The predicted molar refractivity (Wildman–Crippen MR) is 45.8 cm³/mol. The summed E-state index contributed by atoms with van der Waals surface area (Å²) < 4.78 is 1.60. The molecule has 1 rings (SSSR count). The first-order chi connectivity index (χ1) is 6.24. The molecule has 0 bridgehead atoms. The molecule has 0 saturated heterocycles. The number of aromatic nitrogens is 4. The van der Waals surface area contributed by atoms with Crippen molar-refractivity contribution in [3.05, 3.63) is 5.82 Å². The van der Waals surface area contributed by atoms with Crippen LogP contribution in [0.25, 0.3) is 0 Å². The molecule has 0 unspecified atom stereocenters. The van der Waals surface area contributed by atoms with Crippen molar-refractivity contribution >= 4 is 5.91 Å². The van der Waals surface area contributed by atoms with Crippen LogP contribution in [0.15, 0.2) is 0 Å². The van der Waals surface area contributed by atoms with Gasteiger partial charge in [0.05, 0.1) is 0 Å². The first-order valence-electron chi connectivity index (χ1n) is 4.22. The van der Waals surface area contributed by atoms with Gasteiger partial charge in [-0.1, -0.05) is 6.92 Å². The quantitative estimate of drug-likeness (QED) is 0.668. The van der Waals surface area contributed by atoms with E-state index >= 15 is 0 Å². The van der Waals surface area contributed by atoms with E-state index in [1.807, 2.05) is 6.92 Å². The summed E-state index contributed by atoms with van der Waals surface area (Å²) in [6.45, 7) is 2.40. The van der Waals surface area contributed by atoms with E-state index in [2.05, 4.69) is 20.8 Å². The van der Waals surface area contributed by atoms with Gasteiger partial charge < -0.3 is 5.32 Å². The van der Waals surface area contributed by atoms with Crippen LogP contribution < -0.4 is 5.32 Å². The molecular formula is C7H13N5O. The second-order valence-electron chi connectivity index (χ2n) is 2.67. The summed E-state index contributed by atoms with van der Waals surface area (Å²) in [5.41, 5.74) is 0. The Balaban J connectivity index is 2.28. The van der Waals surface area contributed by atoms with Gasteiger partial charge in [-0.15, -0.1) is 5.10 Å². The van der Waals surface area contributed by atoms with Gasteiger partial charge in [0, 0.05) is 26.4 Å². The molecule has 1 aromatic rings. The summed E-state index contributed by atoms with van der Waals surface area (Å²) in [7, 11) is 1.77. The van der Waals surface area contributed by atoms with E-state index in [0.29, 0.717) is 19.4 Å². The fourth-order valence-electron chi connectivity index (χ4n) is 0.898. The lowest BCUT2D eigenvalue weighted by atomic mass is 10.4. The highest BCUT2D eigenvalue weighted by atomic mass is 16.1. The number of amides is 1. The van der Waals surface area contributed by atoms with Crippen LogP contribution in [0.5, 0.6) is 0 Å². The molecule has 0 saturated carbocycles. The van der Waals surface area contributed by atoms with Crippen molar-refractivity contribution in [2.75, 3.05) is 6.54 Å². The predicted octanol–water partition coefficient (Wildman–Crippen LogP) is -0.721. The van der Waals surface area contributed by atoms with Gasteiger partial charge in [-0.2, -0.15) is 0 Å². The molecule has 0 spiro atoms. The summed E-state index contributed by atoms with van der Waals surface area (Å²) in [6.07, 6.45) is 1.17. The number of rotatable bonds is 4. The molecule has 6 heteroatoms. The summed E-state index contributed by atoms with van der Waals surface area (Å²) in [6, 6.07) is 0. The minimum atomic E-state index is 0.0510. The molecule has 0 radical (unpaired) electrons. The van der Waals surface area contributed by atoms with Gasteiger partial charge in [-0.3, -0.25) is 4.79 Å². The molecule has 13 heavy (non-hydrogen) atoms. The van der Waals surface area contributed by atoms with Crippen LogP contribution in [-0.4, -0.2) is 32.7 Å². The number of carbonyl (C=O) groups excluding carboxylic acids is 1. The zero-order valence-electron chi connectivity index (χ0n) is 7.82. The average Bonchev–Trinajstić information content (AvgIpc) is 2.52. The molecule has 0 aliphatic heterocycles. The van der Waals surface area contributed by atoms with Crippen LogP contribution in [0.2, 0.25) is 0 Å². The van der Waals surface area contributed by atoms with Crippen molar-refractivity contribution < 1.29 is 4.79 Å². The van der Waals surface area contributed by atoms with Crippen molar-refractivity contribution in [2.45, 2.75) is 19.8 Å². The summed E-state index contributed by atoms with van der Waals surface area (Å²) in [4.78, 5) is 10.9. The Labute approximate surface area is 76.3 Å². The lowest BCUT2D eigenvalue weighted by Crippen LogP contribution is -2.25. The van der Waals surface area contributed by atoms with E-state index < -0.39 is 0 Å². The van der Waals surface area contributed by atoms with Crippen LogP contribution in [0.4, 0.5) is 0 Å². The zero-order chi connectivity index (χ0) is 9.68. The second-order valence-corrected chi connectivity index (χ2v) is 2.67. The highest BCUT2D eigenvalue weighted by Crippen LogP contribution is 1.88. The average molecular weight is 183 g/mol. The Morgan fingerprint density at radius 3 is 2.92 bits per heavy atom. The molecule has 0 atom stereocenters. The Bertz CT molecular complexity index is 282. The Hall–Kier alpha value is -1.46. The van der Waals surface area contributed by atoms with Crippen molar-refractivity contribution in [1.29, 1.82) is 0 Å². The molecule has 0 aliphatic rings. The number of aryl methyl sites for hydroxylation is 1. The van der Waals surface area contributed by atoms with Gasteiger partial charge in [-0.25, -0.2) is 4.68 Å². The van der Waals surface area contributed by atoms with Gasteiger partial charge in [-0.05, 0) is 10.4 Å². The van der Waals surface area contributed by atoms with Gasteiger partial charge in [0.2, 0.25) is 5.91 Å². The monoisotopic (exact) mass is 183 g/mol. The Morgan fingerprint density at radius 2 is 2.38 bits per heavy atom. The number of nitrogens with one attached hydrogen (secondary N) is 1. The largest absolute Gasteiger partial charge is 0.356 e. The summed E-state index contributed by atoms with van der Waals surface area (Å²) in [5, 5.41) is 13.7. The molecule has 1 amide bonds. The van der Waals surface area contributed by atoms with Crippen LogP contribution in [-0.2, 0) is 18.3 Å². The lowest BCUT2D eigenvalue weighted by molar-refractivity contribution is -0.120. The molecule has 0 fully saturated rings. The highest BCUT2D eigenvalue weighted by Gasteiger charge is 2.02. The summed E-state index contributed by atoms with van der Waals surface area (Å²) >= 11 is 0. The van der Waals surface area contributed by atoms with E-state index in [0.717, 1.165) is 5.82 Å². The van der Waals surface area contributed by atoms with Gasteiger partial charge in [0.25, 0.3) is 0 Å². The number of carbonyl (C=O) groups is 1. The van der Waals surface area contributed by atoms with Crippen LogP contribution in [0.1, 0.15) is 19.2 Å². The summed E-state index contributed by atoms with van der Waals surface area (Å²) in [5.74, 6) is 0.825. The third-order valence-corrected chi connectivity index (χ3v) is 1.70. The molecule has 1 heterocycles. The number of hydrogen-bond donors (Lipinski definition) is 1. The van der Waals surface area contributed by atoms with Crippen molar-refractivity contribution in [3.8, 4) is 0 Å². The molecular weight excluding hydrogens is 170 g/mol. The Kier molecular flexibility index (Phi) is 3.36. The smallest absolute Gasteiger partial charge is 0.219 e. The maximum absolute atomic E-state index is 10.9. The van der Waals surface area contributed by atoms with E-state index in [4.69, 9.17) is 0 Å². The van der Waals surface area contributed by atoms with E-state index in [1.54, 1.807) is 11.7 Å². The van der Waals surface area contributed by atoms with Crippen molar-refractivity contribution in [3.63, 3.8) is 0 Å². The number of tetrazole rings is 1. The highest BCUT2D eigenvalue weighted by molar-refractivity contribution is 5.75. The van der Waals surface area contributed by atoms with E-state index in [9.17, 15) is 4.79 Å². The molecule has 6 nitrogen and oxygen atoms in total. The minimum Gasteiger partial charge on any atom is -0.356 e. The van der Waals surface area contributed by atoms with Crippen LogP contribution >= 0.6 is 0 Å². The molecule has 1 N–H and O–H groups in total. The molecule has 72 valence electrons. The fraction of sp³-hybridized carbons (Fsp3) is 0.714. The maximum Gasteiger partial charge on any atom is 0.219 e. The molecule has 0 aliphatic carbocycles. The van der Waals surface area contributed by atoms with Crippen LogP contribution in [0.3, 0.4) is 0 Å². The topological polar surface area (TPSA) is 72.7 Å². The fourth-order valence-corrected chi connectivity index (χ4v) is 0.898. The third kappa shape index (κ3) is 2.81. The van der Waals surface area contributed by atoms with Crippen molar-refractivity contribution in [2.24, 2.45) is 7.05 Å². The first kappa shape index (κ1) is 9.63. The normalized spacial score (nSPS) is 10.0. The second kappa shape index (κ2) is 4.54. The first-order valence-corrected chi connectivity index (χ1v) is 4.22. The zero-order valence-corrected chi connectivity index (χ0v) is 7.82. The lowest BCUT2D eigenvalue weighted by Gasteiger charge is -2.01. The molecule has 1 aromatic heterocycles. The van der Waals surface area contributed by atoms with Gasteiger partial charge in [0.1, 0.15) is 0 Å². The van der Waals surface area contributed by atoms with Gasteiger partial charge >= 0.3 is 0 Å². The van der Waals surface area contributed by atoms with Gasteiger partial charge in [0.15, 0.2) is 5.82 Å². The SMILES string of the molecule is CCC(=O)NCCc1nnnn1C. The third-order valence-electron chi connectivity index (χ3n) is 1.70.